The average Bonchev–Trinajstić information content (AvgIpc) is 2.72. The molecule has 0 bridgehead atoms. The second kappa shape index (κ2) is 9.98. The van der Waals surface area contributed by atoms with Crippen molar-refractivity contribution in [1.82, 2.24) is 10.3 Å². The summed E-state index contributed by atoms with van der Waals surface area (Å²) in [4.78, 5) is 17.0. The molecule has 0 aliphatic heterocycles. The highest BCUT2D eigenvalue weighted by Crippen LogP contribution is 2.33. The summed E-state index contributed by atoms with van der Waals surface area (Å²) in [7, 11) is 0. The van der Waals surface area contributed by atoms with Crippen LogP contribution in [0.5, 0.6) is 5.75 Å². The first-order valence-electron chi connectivity index (χ1n) is 9.59. The predicted octanol–water partition coefficient (Wildman–Crippen LogP) is 4.78. The van der Waals surface area contributed by atoms with E-state index in [-0.39, 0.29) is 11.7 Å². The molecule has 0 saturated heterocycles. The van der Waals surface area contributed by atoms with Crippen LogP contribution in [-0.2, 0) is 4.79 Å². The van der Waals surface area contributed by atoms with Crippen LogP contribution in [0.15, 0.2) is 65.6 Å². The van der Waals surface area contributed by atoms with Gasteiger partial charge in [-0.05, 0) is 53.3 Å². The zero-order chi connectivity index (χ0) is 20.6. The van der Waals surface area contributed by atoms with E-state index >= 15 is 0 Å². The fourth-order valence-corrected chi connectivity index (χ4v) is 3.62. The summed E-state index contributed by atoms with van der Waals surface area (Å²) < 4.78 is 0. The highest BCUT2D eigenvalue weighted by Gasteiger charge is 2.10. The van der Waals surface area contributed by atoms with Crippen LogP contribution in [0.25, 0.3) is 22.4 Å². The van der Waals surface area contributed by atoms with Gasteiger partial charge in [0, 0.05) is 30.5 Å². The number of phenolic OH excluding ortho intramolecular Hbond substituents is 1. The van der Waals surface area contributed by atoms with E-state index < -0.39 is 0 Å². The number of pyridine rings is 1. The van der Waals surface area contributed by atoms with Gasteiger partial charge in [-0.2, -0.15) is 0 Å². The third-order valence-electron chi connectivity index (χ3n) is 4.31. The van der Waals surface area contributed by atoms with Gasteiger partial charge in [-0.1, -0.05) is 31.2 Å². The van der Waals surface area contributed by atoms with E-state index in [0.717, 1.165) is 16.9 Å². The first kappa shape index (κ1) is 20.7. The van der Waals surface area contributed by atoms with Crippen molar-refractivity contribution in [3.8, 4) is 28.1 Å². The fourth-order valence-electron chi connectivity index (χ4n) is 2.96. The van der Waals surface area contributed by atoms with Gasteiger partial charge in [0.25, 0.3) is 0 Å². The zero-order valence-corrected chi connectivity index (χ0v) is 17.4. The van der Waals surface area contributed by atoms with Gasteiger partial charge in [0.1, 0.15) is 11.6 Å². The third kappa shape index (κ3) is 5.74. The molecule has 0 unspecified atom stereocenters. The molecule has 1 amide bonds. The van der Waals surface area contributed by atoms with E-state index in [1.165, 1.54) is 11.8 Å². The molecule has 0 fully saturated rings. The number of carbonyl (C=O) groups excluding carboxylic acids is 1. The minimum Gasteiger partial charge on any atom is -0.507 e. The maximum atomic E-state index is 11.1. The molecule has 6 heteroatoms. The Morgan fingerprint density at radius 1 is 1.03 bits per heavy atom. The van der Waals surface area contributed by atoms with Crippen molar-refractivity contribution in [3.05, 3.63) is 60.7 Å². The summed E-state index contributed by atoms with van der Waals surface area (Å²) in [6.07, 6.45) is 0. The molecular weight excluding hydrogens is 382 g/mol. The van der Waals surface area contributed by atoms with E-state index in [4.69, 9.17) is 0 Å². The molecule has 2 aromatic carbocycles. The maximum Gasteiger partial charge on any atom is 0.216 e. The Hall–Kier alpha value is -2.99. The highest BCUT2D eigenvalue weighted by atomic mass is 32.2. The fraction of sp³-hybridized carbons (Fsp3) is 0.217. The molecule has 0 spiro atoms. The number of aromatic hydroxyl groups is 1. The second-order valence-corrected chi connectivity index (χ2v) is 7.85. The number of phenols is 1. The average molecular weight is 408 g/mol. The molecule has 0 aliphatic rings. The smallest absolute Gasteiger partial charge is 0.216 e. The van der Waals surface area contributed by atoms with Crippen LogP contribution in [0.4, 0.5) is 5.82 Å². The number of hydrogen-bond acceptors (Lipinski definition) is 5. The lowest BCUT2D eigenvalue weighted by Crippen LogP contribution is -2.26. The number of nitrogens with one attached hydrogen (secondary N) is 2. The molecule has 1 heterocycles. The zero-order valence-electron chi connectivity index (χ0n) is 16.6. The van der Waals surface area contributed by atoms with E-state index in [0.29, 0.717) is 30.2 Å². The molecule has 0 saturated carbocycles. The van der Waals surface area contributed by atoms with Crippen LogP contribution < -0.4 is 10.6 Å². The van der Waals surface area contributed by atoms with Crippen molar-refractivity contribution in [2.45, 2.75) is 18.7 Å². The predicted molar refractivity (Wildman–Crippen MR) is 120 cm³/mol. The van der Waals surface area contributed by atoms with Crippen molar-refractivity contribution >= 4 is 23.5 Å². The molecule has 0 radical (unpaired) electrons. The summed E-state index contributed by atoms with van der Waals surface area (Å²) in [5, 5.41) is 16.3. The van der Waals surface area contributed by atoms with E-state index in [1.807, 2.05) is 36.0 Å². The lowest BCUT2D eigenvalue weighted by molar-refractivity contribution is -0.118. The summed E-state index contributed by atoms with van der Waals surface area (Å²) in [6, 6.07) is 19.6. The Labute approximate surface area is 175 Å². The van der Waals surface area contributed by atoms with Crippen LogP contribution in [0.3, 0.4) is 0 Å². The first-order valence-corrected chi connectivity index (χ1v) is 10.6. The second-order valence-electron chi connectivity index (χ2n) is 6.51. The van der Waals surface area contributed by atoms with Crippen molar-refractivity contribution < 1.29 is 9.90 Å². The largest absolute Gasteiger partial charge is 0.507 e. The van der Waals surface area contributed by atoms with Crippen LogP contribution in [0.2, 0.25) is 0 Å². The number of amides is 1. The van der Waals surface area contributed by atoms with Gasteiger partial charge in [-0.3, -0.25) is 4.79 Å². The third-order valence-corrected chi connectivity index (χ3v) is 5.20. The van der Waals surface area contributed by atoms with Gasteiger partial charge >= 0.3 is 0 Å². The normalized spacial score (nSPS) is 10.6. The topological polar surface area (TPSA) is 74.2 Å². The number of rotatable bonds is 8. The minimum atomic E-state index is -0.0616. The van der Waals surface area contributed by atoms with Crippen LogP contribution in [0.1, 0.15) is 13.8 Å². The van der Waals surface area contributed by atoms with E-state index in [2.05, 4.69) is 46.8 Å². The van der Waals surface area contributed by atoms with Gasteiger partial charge in [0.05, 0.1) is 5.69 Å². The standard InChI is InChI=1S/C23H25N3O2S/c1-3-29-19-10-8-17(9-11-19)18-14-21(20-6-4-5-7-22(20)28)26-23(15-18)25-13-12-24-16(2)27/h4-11,14-15,28H,3,12-13H2,1-2H3,(H,24,27)(H,25,26). The Balaban J connectivity index is 1.93. The van der Waals surface area contributed by atoms with Gasteiger partial charge in [-0.25, -0.2) is 4.98 Å². The molecule has 3 rings (SSSR count). The Morgan fingerprint density at radius 3 is 2.48 bits per heavy atom. The van der Waals surface area contributed by atoms with E-state index in [9.17, 15) is 9.90 Å². The van der Waals surface area contributed by atoms with Gasteiger partial charge in [0.15, 0.2) is 0 Å². The molecule has 3 aromatic rings. The van der Waals surface area contributed by atoms with Crippen molar-refractivity contribution in [1.29, 1.82) is 0 Å². The summed E-state index contributed by atoms with van der Waals surface area (Å²) in [6.45, 7) is 4.70. The van der Waals surface area contributed by atoms with Crippen molar-refractivity contribution in [2.75, 3.05) is 24.2 Å². The summed E-state index contributed by atoms with van der Waals surface area (Å²) in [5.74, 6) is 1.86. The SMILES string of the molecule is CCSc1ccc(-c2cc(NCCNC(C)=O)nc(-c3ccccc3O)c2)cc1. The molecule has 5 nitrogen and oxygen atoms in total. The molecular formula is C23H25N3O2S. The molecule has 0 atom stereocenters. The highest BCUT2D eigenvalue weighted by molar-refractivity contribution is 7.99. The van der Waals surface area contributed by atoms with Crippen molar-refractivity contribution in [2.24, 2.45) is 0 Å². The van der Waals surface area contributed by atoms with E-state index in [1.54, 1.807) is 12.1 Å². The number of carbonyl (C=O) groups is 1. The Kier molecular flexibility index (Phi) is 7.14. The van der Waals surface area contributed by atoms with Gasteiger partial charge in [0.2, 0.25) is 5.91 Å². The lowest BCUT2D eigenvalue weighted by Gasteiger charge is -2.13. The molecule has 150 valence electrons. The number of benzene rings is 2. The number of para-hydroxylation sites is 1. The van der Waals surface area contributed by atoms with Crippen LogP contribution >= 0.6 is 11.8 Å². The Bertz CT molecular complexity index is 974. The molecule has 1 aromatic heterocycles. The number of aromatic nitrogens is 1. The number of hydrogen-bond donors (Lipinski definition) is 3. The molecule has 3 N–H and O–H groups in total. The minimum absolute atomic E-state index is 0.0616. The van der Waals surface area contributed by atoms with Gasteiger partial charge in [-0.15, -0.1) is 11.8 Å². The van der Waals surface area contributed by atoms with Crippen LogP contribution in [0, 0.1) is 0 Å². The number of anilines is 1. The monoisotopic (exact) mass is 407 g/mol. The first-order chi connectivity index (χ1) is 14.1. The number of nitrogens with zero attached hydrogens (tertiary/aromatic N) is 1. The molecule has 29 heavy (non-hydrogen) atoms. The summed E-state index contributed by atoms with van der Waals surface area (Å²) in [5.41, 5.74) is 3.45. The van der Waals surface area contributed by atoms with Gasteiger partial charge < -0.3 is 15.7 Å². The van der Waals surface area contributed by atoms with Crippen LogP contribution in [-0.4, -0.2) is 34.8 Å². The lowest BCUT2D eigenvalue weighted by atomic mass is 10.0. The summed E-state index contributed by atoms with van der Waals surface area (Å²) >= 11 is 1.81. The molecule has 0 aliphatic carbocycles. The quantitative estimate of drug-likeness (QED) is 0.370. The number of thioether (sulfide) groups is 1. The van der Waals surface area contributed by atoms with Crippen molar-refractivity contribution in [3.63, 3.8) is 0 Å². The maximum absolute atomic E-state index is 11.1. The Morgan fingerprint density at radius 2 is 1.79 bits per heavy atom.